The highest BCUT2D eigenvalue weighted by Gasteiger charge is 2.34. The number of nitro groups is 1. The predicted octanol–water partition coefficient (Wildman–Crippen LogP) is 4.76. The molecule has 0 radical (unpaired) electrons. The van der Waals surface area contributed by atoms with Crippen molar-refractivity contribution < 1.29 is 31.2 Å². The molecule has 186 valence electrons. The van der Waals surface area contributed by atoms with Gasteiger partial charge in [0, 0.05) is 36.2 Å². The molecule has 0 spiro atoms. The van der Waals surface area contributed by atoms with E-state index >= 15 is 0 Å². The largest absolute Gasteiger partial charge is 0.573 e. The molecule has 0 fully saturated rings. The topological polar surface area (TPSA) is 102 Å². The van der Waals surface area contributed by atoms with Crippen molar-refractivity contribution in [3.8, 4) is 5.75 Å². The fourth-order valence-electron chi connectivity index (χ4n) is 3.74. The van der Waals surface area contributed by atoms with Crippen LogP contribution in [0.15, 0.2) is 45.8 Å². The van der Waals surface area contributed by atoms with Crippen LogP contribution in [0.3, 0.4) is 0 Å². The van der Waals surface area contributed by atoms with Crippen LogP contribution < -0.4 is 9.46 Å². The maximum atomic E-state index is 12.6. The average Bonchev–Trinajstić information content (AvgIpc) is 2.74. The smallest absolute Gasteiger partial charge is 0.404 e. The highest BCUT2D eigenvalue weighted by Crippen LogP contribution is 2.32. The molecule has 1 aliphatic rings. The zero-order valence-corrected chi connectivity index (χ0v) is 20.4. The molecule has 0 aliphatic carbocycles. The van der Waals surface area contributed by atoms with Crippen molar-refractivity contribution in [2.75, 3.05) is 19.6 Å². The number of hydrogen-bond donors (Lipinski definition) is 1. The SMILES string of the molecule is O=[N+]([O-])c1ccc2c(c1)CN(CCCCCNS(=O)(=O)c1ccc(Br)cc1OC(F)(F)F)CC2. The summed E-state index contributed by atoms with van der Waals surface area (Å²) in [5, 5.41) is 11.0. The zero-order chi connectivity index (χ0) is 24.9. The van der Waals surface area contributed by atoms with Gasteiger partial charge in [0.05, 0.1) is 4.92 Å². The minimum absolute atomic E-state index is 0.0683. The fraction of sp³-hybridized carbons (Fsp3) is 0.429. The molecule has 0 unspecified atom stereocenters. The van der Waals surface area contributed by atoms with Crippen molar-refractivity contribution in [2.24, 2.45) is 0 Å². The van der Waals surface area contributed by atoms with Crippen LogP contribution in [-0.4, -0.2) is 44.2 Å². The van der Waals surface area contributed by atoms with E-state index in [-0.39, 0.29) is 16.7 Å². The van der Waals surface area contributed by atoms with Crippen molar-refractivity contribution in [1.29, 1.82) is 0 Å². The second-order valence-electron chi connectivity index (χ2n) is 7.83. The van der Waals surface area contributed by atoms with Gasteiger partial charge in [0.2, 0.25) is 10.0 Å². The van der Waals surface area contributed by atoms with Crippen LogP contribution in [0.4, 0.5) is 18.9 Å². The lowest BCUT2D eigenvalue weighted by atomic mass is 9.99. The lowest BCUT2D eigenvalue weighted by Gasteiger charge is -2.28. The maximum Gasteiger partial charge on any atom is 0.573 e. The lowest BCUT2D eigenvalue weighted by molar-refractivity contribution is -0.385. The standard InChI is InChI=1S/C21H23BrF3N3O5S/c22-17-5-7-20(19(13-17)33-21(23,24)25)34(31,32)26-9-2-1-3-10-27-11-8-15-4-6-18(28(29)30)12-16(15)14-27/h4-7,12-13,26H,1-3,8-11,14H2. The molecule has 2 aromatic carbocycles. The van der Waals surface area contributed by atoms with E-state index in [0.717, 1.165) is 49.2 Å². The van der Waals surface area contributed by atoms with Gasteiger partial charge in [-0.2, -0.15) is 0 Å². The van der Waals surface area contributed by atoms with Gasteiger partial charge in [0.25, 0.3) is 5.69 Å². The Balaban J connectivity index is 1.46. The monoisotopic (exact) mass is 565 g/mol. The van der Waals surface area contributed by atoms with Gasteiger partial charge in [-0.1, -0.05) is 28.4 Å². The number of benzene rings is 2. The molecule has 1 N–H and O–H groups in total. The first-order valence-corrected chi connectivity index (χ1v) is 12.8. The first-order chi connectivity index (χ1) is 15.9. The van der Waals surface area contributed by atoms with Crippen molar-refractivity contribution in [3.05, 3.63) is 62.1 Å². The second-order valence-corrected chi connectivity index (χ2v) is 10.5. The molecule has 13 heteroatoms. The van der Waals surface area contributed by atoms with E-state index in [1.807, 2.05) is 0 Å². The molecule has 34 heavy (non-hydrogen) atoms. The molecule has 3 rings (SSSR count). The number of non-ortho nitro benzene ring substituents is 1. The van der Waals surface area contributed by atoms with Crippen molar-refractivity contribution >= 4 is 31.6 Å². The lowest BCUT2D eigenvalue weighted by Crippen LogP contribution is -2.31. The second kappa shape index (κ2) is 11.0. The molecule has 0 amide bonds. The molecule has 0 saturated heterocycles. The summed E-state index contributed by atoms with van der Waals surface area (Å²) in [6.45, 7) is 2.28. The molecular weight excluding hydrogens is 543 g/mol. The molecular formula is C21H23BrF3N3O5S. The van der Waals surface area contributed by atoms with Crippen molar-refractivity contribution in [2.45, 2.75) is 43.5 Å². The summed E-state index contributed by atoms with van der Waals surface area (Å²) in [6.07, 6.45) is -2.23. The van der Waals surface area contributed by atoms with Crippen LogP contribution in [-0.2, 0) is 23.0 Å². The number of nitrogens with one attached hydrogen (secondary N) is 1. The van der Waals surface area contributed by atoms with E-state index in [0.29, 0.717) is 19.4 Å². The molecule has 0 saturated carbocycles. The summed E-state index contributed by atoms with van der Waals surface area (Å²) in [4.78, 5) is 12.2. The highest BCUT2D eigenvalue weighted by atomic mass is 79.9. The number of unbranched alkanes of at least 4 members (excludes halogenated alkanes) is 2. The Bertz CT molecular complexity index is 1140. The predicted molar refractivity (Wildman–Crippen MR) is 122 cm³/mol. The van der Waals surface area contributed by atoms with E-state index < -0.39 is 32.0 Å². The molecule has 0 bridgehead atoms. The van der Waals surface area contributed by atoms with Crippen LogP contribution in [0.1, 0.15) is 30.4 Å². The Morgan fingerprint density at radius 3 is 2.59 bits per heavy atom. The van der Waals surface area contributed by atoms with E-state index in [1.54, 1.807) is 12.1 Å². The Labute approximate surface area is 203 Å². The minimum atomic E-state index is -5.02. The fourth-order valence-corrected chi connectivity index (χ4v) is 5.26. The number of nitrogens with zero attached hydrogens (tertiary/aromatic N) is 2. The summed E-state index contributed by atoms with van der Waals surface area (Å²) in [6, 6.07) is 8.24. The Hall–Kier alpha value is -2.22. The number of ether oxygens (including phenoxy) is 1. The minimum Gasteiger partial charge on any atom is -0.404 e. The number of fused-ring (bicyclic) bond motifs is 1. The van der Waals surface area contributed by atoms with Crippen LogP contribution in [0.5, 0.6) is 5.75 Å². The number of alkyl halides is 3. The highest BCUT2D eigenvalue weighted by molar-refractivity contribution is 9.10. The number of hydrogen-bond acceptors (Lipinski definition) is 6. The molecule has 1 heterocycles. The average molecular weight is 566 g/mol. The molecule has 0 aromatic heterocycles. The Morgan fingerprint density at radius 2 is 1.88 bits per heavy atom. The van der Waals surface area contributed by atoms with Crippen molar-refractivity contribution in [3.63, 3.8) is 0 Å². The normalized spacial score (nSPS) is 14.6. The summed E-state index contributed by atoms with van der Waals surface area (Å²) in [5.41, 5.74) is 2.13. The van der Waals surface area contributed by atoms with E-state index in [1.165, 1.54) is 12.1 Å². The summed E-state index contributed by atoms with van der Waals surface area (Å²) in [5.74, 6) is -0.806. The van der Waals surface area contributed by atoms with Gasteiger partial charge in [-0.15, -0.1) is 13.2 Å². The first-order valence-electron chi connectivity index (χ1n) is 10.5. The van der Waals surface area contributed by atoms with Gasteiger partial charge < -0.3 is 4.74 Å². The summed E-state index contributed by atoms with van der Waals surface area (Å²) in [7, 11) is -4.19. The molecule has 1 aliphatic heterocycles. The van der Waals surface area contributed by atoms with Gasteiger partial charge in [-0.3, -0.25) is 15.0 Å². The van der Waals surface area contributed by atoms with Crippen LogP contribution in [0.25, 0.3) is 0 Å². The number of nitro benzene ring substituents is 1. The zero-order valence-electron chi connectivity index (χ0n) is 18.0. The van der Waals surface area contributed by atoms with E-state index in [2.05, 4.69) is 30.3 Å². The third-order valence-electron chi connectivity index (χ3n) is 5.36. The van der Waals surface area contributed by atoms with E-state index in [4.69, 9.17) is 0 Å². The van der Waals surface area contributed by atoms with Gasteiger partial charge >= 0.3 is 6.36 Å². The summed E-state index contributed by atoms with van der Waals surface area (Å²) < 4.78 is 69.3. The third-order valence-corrected chi connectivity index (χ3v) is 7.35. The number of sulfonamides is 1. The first kappa shape index (κ1) is 26.4. The van der Waals surface area contributed by atoms with Gasteiger partial charge in [-0.05, 0) is 55.1 Å². The number of halogens is 4. The van der Waals surface area contributed by atoms with E-state index in [9.17, 15) is 31.7 Å². The third kappa shape index (κ3) is 7.39. The quantitative estimate of drug-likeness (QED) is 0.253. The Kier molecular flexibility index (Phi) is 8.55. The van der Waals surface area contributed by atoms with Crippen LogP contribution in [0.2, 0.25) is 0 Å². The van der Waals surface area contributed by atoms with Crippen molar-refractivity contribution in [1.82, 2.24) is 9.62 Å². The van der Waals surface area contributed by atoms with Gasteiger partial charge in [-0.25, -0.2) is 13.1 Å². The molecule has 2 aromatic rings. The van der Waals surface area contributed by atoms with Crippen LogP contribution in [0, 0.1) is 10.1 Å². The Morgan fingerprint density at radius 1 is 1.12 bits per heavy atom. The van der Waals surface area contributed by atoms with Gasteiger partial charge in [0.1, 0.15) is 4.90 Å². The molecule has 8 nitrogen and oxygen atoms in total. The maximum absolute atomic E-state index is 12.6. The molecule has 0 atom stereocenters. The van der Waals surface area contributed by atoms with Gasteiger partial charge in [0.15, 0.2) is 5.75 Å². The number of rotatable bonds is 10. The summed E-state index contributed by atoms with van der Waals surface area (Å²) >= 11 is 3.01. The van der Waals surface area contributed by atoms with Crippen LogP contribution >= 0.6 is 15.9 Å².